The number of morpholine rings is 1. The van der Waals surface area contributed by atoms with E-state index in [0.717, 1.165) is 68.1 Å². The maximum atomic E-state index is 14.2. The van der Waals surface area contributed by atoms with Crippen LogP contribution in [-0.4, -0.2) is 87.1 Å². The molecular formula is C26H34N4O5S3. The average molecular weight is 579 g/mol. The van der Waals surface area contributed by atoms with Crippen LogP contribution in [0.2, 0.25) is 0 Å². The molecule has 2 fully saturated rings. The highest BCUT2D eigenvalue weighted by Crippen LogP contribution is 2.34. The first-order valence-corrected chi connectivity index (χ1v) is 16.3. The molecule has 4 heterocycles. The fourth-order valence-electron chi connectivity index (χ4n) is 4.99. The van der Waals surface area contributed by atoms with Gasteiger partial charge in [-0.25, -0.2) is 13.4 Å². The van der Waals surface area contributed by atoms with Crippen molar-refractivity contribution in [2.24, 2.45) is 0 Å². The molecule has 12 heteroatoms. The molecule has 0 radical (unpaired) electrons. The minimum atomic E-state index is -3.75. The standard InChI is InChI=1S/C26H34N4O5S3/c1-2-35-20-9-10-21-23(19-20)37-26(27-21)29(12-6-11-28-14-16-34-17-15-28)25(31)22-7-3-4-13-30(22)38(32,33)24-8-5-18-36-24/h5,8-10,18-19,22H,2-4,6-7,11-17H2,1H3. The van der Waals surface area contributed by atoms with Crippen LogP contribution in [0.1, 0.15) is 32.6 Å². The SMILES string of the molecule is CCOc1ccc2nc(N(CCCN3CCOCC3)C(=O)C3CCCCN3S(=O)(=O)c3cccs3)sc2c1. The van der Waals surface area contributed by atoms with Crippen molar-refractivity contribution >= 4 is 54.0 Å². The number of hydrogen-bond donors (Lipinski definition) is 0. The van der Waals surface area contributed by atoms with Crippen molar-refractivity contribution in [2.45, 2.75) is 42.9 Å². The fourth-order valence-corrected chi connectivity index (χ4v) is 8.78. The van der Waals surface area contributed by atoms with E-state index >= 15 is 0 Å². The molecule has 0 spiro atoms. The minimum Gasteiger partial charge on any atom is -0.494 e. The molecule has 5 rings (SSSR count). The highest BCUT2D eigenvalue weighted by Gasteiger charge is 2.40. The number of nitrogens with zero attached hydrogens (tertiary/aromatic N) is 4. The van der Waals surface area contributed by atoms with E-state index in [1.807, 2.05) is 25.1 Å². The van der Waals surface area contributed by atoms with Gasteiger partial charge in [-0.1, -0.05) is 23.8 Å². The van der Waals surface area contributed by atoms with Crippen LogP contribution in [0.5, 0.6) is 5.75 Å². The van der Waals surface area contributed by atoms with Gasteiger partial charge < -0.3 is 9.47 Å². The molecule has 0 aliphatic carbocycles. The Labute approximate surface area is 232 Å². The van der Waals surface area contributed by atoms with E-state index < -0.39 is 16.1 Å². The number of ether oxygens (including phenoxy) is 2. The second kappa shape index (κ2) is 12.4. The van der Waals surface area contributed by atoms with Gasteiger partial charge >= 0.3 is 0 Å². The summed E-state index contributed by atoms with van der Waals surface area (Å²) < 4.78 is 40.8. The quantitative estimate of drug-likeness (QED) is 0.358. The zero-order valence-electron chi connectivity index (χ0n) is 21.6. The summed E-state index contributed by atoms with van der Waals surface area (Å²) in [5.74, 6) is 0.566. The smallest absolute Gasteiger partial charge is 0.253 e. The molecule has 9 nitrogen and oxygen atoms in total. The lowest BCUT2D eigenvalue weighted by Crippen LogP contribution is -2.53. The normalized spacial score (nSPS) is 19.6. The lowest BCUT2D eigenvalue weighted by atomic mass is 10.0. The van der Waals surface area contributed by atoms with Crippen LogP contribution < -0.4 is 9.64 Å². The summed E-state index contributed by atoms with van der Waals surface area (Å²) in [6, 6.07) is 8.34. The van der Waals surface area contributed by atoms with Gasteiger partial charge in [0.25, 0.3) is 10.0 Å². The Hall–Kier alpha value is -2.09. The van der Waals surface area contributed by atoms with Crippen LogP contribution >= 0.6 is 22.7 Å². The van der Waals surface area contributed by atoms with Crippen molar-refractivity contribution in [2.75, 3.05) is 57.4 Å². The molecule has 1 amide bonds. The molecule has 206 valence electrons. The summed E-state index contributed by atoms with van der Waals surface area (Å²) in [6.45, 7) is 7.37. The van der Waals surface area contributed by atoms with Crippen molar-refractivity contribution in [1.29, 1.82) is 0 Å². The van der Waals surface area contributed by atoms with Crippen molar-refractivity contribution in [1.82, 2.24) is 14.2 Å². The number of thiophene rings is 1. The Morgan fingerprint density at radius 1 is 1.21 bits per heavy atom. The second-order valence-corrected chi connectivity index (χ2v) is 13.5. The largest absolute Gasteiger partial charge is 0.494 e. The Morgan fingerprint density at radius 3 is 2.82 bits per heavy atom. The lowest BCUT2D eigenvalue weighted by Gasteiger charge is -2.36. The molecule has 38 heavy (non-hydrogen) atoms. The van der Waals surface area contributed by atoms with Gasteiger partial charge in [0, 0.05) is 32.7 Å². The summed E-state index contributed by atoms with van der Waals surface area (Å²) in [4.78, 5) is 23.0. The molecule has 3 aromatic rings. The monoisotopic (exact) mass is 578 g/mol. The van der Waals surface area contributed by atoms with Crippen LogP contribution in [-0.2, 0) is 19.6 Å². The Morgan fingerprint density at radius 2 is 2.05 bits per heavy atom. The number of fused-ring (bicyclic) bond motifs is 1. The molecule has 1 atom stereocenters. The number of amides is 1. The van der Waals surface area contributed by atoms with Gasteiger partial charge in [-0.05, 0) is 55.8 Å². The number of hydrogen-bond acceptors (Lipinski definition) is 9. The first-order valence-electron chi connectivity index (χ1n) is 13.2. The molecule has 0 N–H and O–H groups in total. The number of benzene rings is 1. The Kier molecular flexibility index (Phi) is 8.96. The third-order valence-corrected chi connectivity index (χ3v) is 11.2. The number of rotatable bonds is 10. The summed E-state index contributed by atoms with van der Waals surface area (Å²) in [6.07, 6.45) is 2.82. The molecule has 2 aliphatic rings. The van der Waals surface area contributed by atoms with Gasteiger partial charge in [0.2, 0.25) is 5.91 Å². The van der Waals surface area contributed by atoms with E-state index in [1.54, 1.807) is 22.4 Å². The minimum absolute atomic E-state index is 0.198. The molecule has 2 saturated heterocycles. The van der Waals surface area contributed by atoms with E-state index in [2.05, 4.69) is 4.90 Å². The molecule has 0 bridgehead atoms. The number of anilines is 1. The highest BCUT2D eigenvalue weighted by atomic mass is 32.2. The van der Waals surface area contributed by atoms with Gasteiger partial charge in [-0.15, -0.1) is 11.3 Å². The van der Waals surface area contributed by atoms with Crippen LogP contribution in [0.15, 0.2) is 39.9 Å². The first-order chi connectivity index (χ1) is 18.5. The summed E-state index contributed by atoms with van der Waals surface area (Å²) in [7, 11) is -3.75. The number of sulfonamides is 1. The van der Waals surface area contributed by atoms with Crippen molar-refractivity contribution in [3.63, 3.8) is 0 Å². The third-order valence-electron chi connectivity index (χ3n) is 6.91. The average Bonchev–Trinajstić information content (AvgIpc) is 3.62. The van der Waals surface area contributed by atoms with Gasteiger partial charge in [0.1, 0.15) is 16.0 Å². The zero-order valence-corrected chi connectivity index (χ0v) is 24.0. The second-order valence-electron chi connectivity index (χ2n) is 9.42. The Balaban J connectivity index is 1.43. The van der Waals surface area contributed by atoms with E-state index in [-0.39, 0.29) is 10.1 Å². The molecule has 1 unspecified atom stereocenters. The predicted molar refractivity (Wildman–Crippen MR) is 151 cm³/mol. The number of thiazole rings is 1. The maximum Gasteiger partial charge on any atom is 0.253 e. The number of carbonyl (C=O) groups excluding carboxylic acids is 1. The summed E-state index contributed by atoms with van der Waals surface area (Å²) in [5, 5.41) is 2.35. The molecular weight excluding hydrogens is 545 g/mol. The van der Waals surface area contributed by atoms with Gasteiger partial charge in [-0.2, -0.15) is 4.31 Å². The molecule has 1 aromatic carbocycles. The van der Waals surface area contributed by atoms with E-state index in [0.29, 0.717) is 31.2 Å². The predicted octanol–water partition coefficient (Wildman–Crippen LogP) is 4.06. The highest BCUT2D eigenvalue weighted by molar-refractivity contribution is 7.91. The third kappa shape index (κ3) is 6.05. The van der Waals surface area contributed by atoms with Crippen molar-refractivity contribution in [3.05, 3.63) is 35.7 Å². The maximum absolute atomic E-state index is 14.2. The van der Waals surface area contributed by atoms with Crippen LogP contribution in [0.25, 0.3) is 10.2 Å². The number of aromatic nitrogens is 1. The number of piperidine rings is 1. The van der Waals surface area contributed by atoms with Crippen LogP contribution in [0.3, 0.4) is 0 Å². The Bertz CT molecular complexity index is 1320. The van der Waals surface area contributed by atoms with Crippen LogP contribution in [0.4, 0.5) is 5.13 Å². The molecule has 2 aliphatic heterocycles. The van der Waals surface area contributed by atoms with Crippen LogP contribution in [0, 0.1) is 0 Å². The molecule has 2 aromatic heterocycles. The fraction of sp³-hybridized carbons (Fsp3) is 0.538. The van der Waals surface area contributed by atoms with E-state index in [4.69, 9.17) is 14.5 Å². The van der Waals surface area contributed by atoms with Gasteiger partial charge in [-0.3, -0.25) is 14.6 Å². The number of carbonyl (C=O) groups is 1. The van der Waals surface area contributed by atoms with Crippen molar-refractivity contribution < 1.29 is 22.7 Å². The summed E-state index contributed by atoms with van der Waals surface area (Å²) >= 11 is 2.63. The van der Waals surface area contributed by atoms with E-state index in [9.17, 15) is 13.2 Å². The first kappa shape index (κ1) is 27.5. The zero-order chi connectivity index (χ0) is 26.5. The molecule has 0 saturated carbocycles. The van der Waals surface area contributed by atoms with E-state index in [1.165, 1.54) is 27.0 Å². The topological polar surface area (TPSA) is 92.3 Å². The van der Waals surface area contributed by atoms with Gasteiger partial charge in [0.05, 0.1) is 30.0 Å². The lowest BCUT2D eigenvalue weighted by molar-refractivity contribution is -0.123. The van der Waals surface area contributed by atoms with Crippen molar-refractivity contribution in [3.8, 4) is 5.75 Å². The summed E-state index contributed by atoms with van der Waals surface area (Å²) in [5.41, 5.74) is 0.797. The van der Waals surface area contributed by atoms with Gasteiger partial charge in [0.15, 0.2) is 5.13 Å².